The van der Waals surface area contributed by atoms with Crippen molar-refractivity contribution in [3.8, 4) is 0 Å². The summed E-state index contributed by atoms with van der Waals surface area (Å²) in [6.07, 6.45) is -3.81. The van der Waals surface area contributed by atoms with E-state index < -0.39 is 11.9 Å². The molecule has 116 valence electrons. The summed E-state index contributed by atoms with van der Waals surface area (Å²) in [4.78, 5) is 11.2. The molecule has 1 unspecified atom stereocenters. The number of hydrogen-bond acceptors (Lipinski definition) is 4. The number of benzene rings is 1. The summed E-state index contributed by atoms with van der Waals surface area (Å²) in [5, 5.41) is 4.55. The van der Waals surface area contributed by atoms with E-state index in [4.69, 9.17) is 0 Å². The summed E-state index contributed by atoms with van der Waals surface area (Å²) >= 11 is 1.000. The zero-order chi connectivity index (χ0) is 15.7. The van der Waals surface area contributed by atoms with Crippen LogP contribution < -0.4 is 5.32 Å². The maximum Gasteiger partial charge on any atom is 0.434 e. The van der Waals surface area contributed by atoms with Gasteiger partial charge in [0.05, 0.1) is 17.1 Å². The highest BCUT2D eigenvalue weighted by atomic mass is 32.1. The highest BCUT2D eigenvalue weighted by Crippen LogP contribution is 2.33. The fourth-order valence-corrected chi connectivity index (χ4v) is 3.06. The Labute approximate surface area is 128 Å². The number of hydrogen-bond donors (Lipinski definition) is 2. The van der Waals surface area contributed by atoms with Gasteiger partial charge < -0.3 is 10.3 Å². The van der Waals surface area contributed by atoms with Gasteiger partial charge >= 0.3 is 6.18 Å². The first-order valence-corrected chi connectivity index (χ1v) is 7.59. The highest BCUT2D eigenvalue weighted by molar-refractivity contribution is 7.09. The van der Waals surface area contributed by atoms with Crippen LogP contribution in [0, 0.1) is 0 Å². The third-order valence-electron chi connectivity index (χ3n) is 3.22. The van der Waals surface area contributed by atoms with Gasteiger partial charge in [0.1, 0.15) is 5.01 Å². The Morgan fingerprint density at radius 3 is 2.68 bits per heavy atom. The van der Waals surface area contributed by atoms with Crippen LogP contribution in [0.1, 0.15) is 30.1 Å². The number of fused-ring (bicyclic) bond motifs is 1. The summed E-state index contributed by atoms with van der Waals surface area (Å²) in [7, 11) is 0. The largest absolute Gasteiger partial charge is 0.434 e. The van der Waals surface area contributed by atoms with E-state index in [1.165, 1.54) is 0 Å². The lowest BCUT2D eigenvalue weighted by Crippen LogP contribution is -2.12. The van der Waals surface area contributed by atoms with Crippen molar-refractivity contribution < 1.29 is 13.2 Å². The van der Waals surface area contributed by atoms with Gasteiger partial charge in [0.15, 0.2) is 5.69 Å². The minimum absolute atomic E-state index is 0.318. The average molecular weight is 326 g/mol. The van der Waals surface area contributed by atoms with Crippen molar-refractivity contribution in [3.63, 3.8) is 0 Å². The number of thiazole rings is 1. The highest BCUT2D eigenvalue weighted by Gasteiger charge is 2.34. The molecule has 0 spiro atoms. The summed E-state index contributed by atoms with van der Waals surface area (Å²) in [5.74, 6) is 0.525. The van der Waals surface area contributed by atoms with Gasteiger partial charge in [0.25, 0.3) is 0 Å². The van der Waals surface area contributed by atoms with Crippen LogP contribution in [0.4, 0.5) is 19.1 Å². The smallest absolute Gasteiger partial charge is 0.347 e. The van der Waals surface area contributed by atoms with Crippen LogP contribution in [0.3, 0.4) is 0 Å². The molecule has 0 bridgehead atoms. The molecule has 2 N–H and O–H groups in total. The van der Waals surface area contributed by atoms with E-state index in [-0.39, 0.29) is 6.04 Å². The number of nitrogens with one attached hydrogen (secondary N) is 2. The van der Waals surface area contributed by atoms with Crippen molar-refractivity contribution in [2.24, 2.45) is 0 Å². The van der Waals surface area contributed by atoms with Crippen LogP contribution in [-0.4, -0.2) is 15.0 Å². The standard InChI is InChI=1S/C14H13F3N4S/c1-2-8(12-21-11(7-22-12)14(15,16)17)18-13-19-9-5-3-4-6-10(9)20-13/h3-8H,2H2,1H3,(H2,18,19,20). The molecule has 0 saturated heterocycles. The molecule has 3 rings (SSSR count). The molecular formula is C14H13F3N4S. The fourth-order valence-electron chi connectivity index (χ4n) is 2.10. The molecule has 0 aliphatic carbocycles. The van der Waals surface area contributed by atoms with Crippen LogP contribution >= 0.6 is 11.3 Å². The summed E-state index contributed by atoms with van der Waals surface area (Å²) < 4.78 is 37.9. The predicted molar refractivity (Wildman–Crippen MR) is 79.9 cm³/mol. The Balaban J connectivity index is 1.83. The number of imidazole rings is 1. The molecule has 0 aliphatic heterocycles. The monoisotopic (exact) mass is 326 g/mol. The van der Waals surface area contributed by atoms with Gasteiger partial charge in [-0.25, -0.2) is 9.97 Å². The maximum absolute atomic E-state index is 12.6. The van der Waals surface area contributed by atoms with E-state index in [0.29, 0.717) is 17.4 Å². The van der Waals surface area contributed by atoms with E-state index in [2.05, 4.69) is 20.3 Å². The van der Waals surface area contributed by atoms with Crippen LogP contribution in [0.5, 0.6) is 0 Å². The van der Waals surface area contributed by atoms with Crippen molar-refractivity contribution in [2.75, 3.05) is 5.32 Å². The van der Waals surface area contributed by atoms with Gasteiger partial charge in [0, 0.05) is 5.38 Å². The Morgan fingerprint density at radius 1 is 1.27 bits per heavy atom. The molecule has 0 radical (unpaired) electrons. The lowest BCUT2D eigenvalue weighted by atomic mass is 10.2. The van der Waals surface area contributed by atoms with E-state index in [9.17, 15) is 13.2 Å². The van der Waals surface area contributed by atoms with Crippen molar-refractivity contribution in [1.29, 1.82) is 0 Å². The SMILES string of the molecule is CCC(Nc1nc2ccccc2[nH]1)c1nc(C(F)(F)F)cs1. The molecule has 3 aromatic rings. The Bertz CT molecular complexity index is 745. The van der Waals surface area contributed by atoms with E-state index >= 15 is 0 Å². The first-order valence-electron chi connectivity index (χ1n) is 6.71. The minimum atomic E-state index is -4.41. The molecule has 1 aromatic carbocycles. The second kappa shape index (κ2) is 5.60. The summed E-state index contributed by atoms with van der Waals surface area (Å²) in [6, 6.07) is 7.20. The van der Waals surface area contributed by atoms with Crippen LogP contribution in [0.15, 0.2) is 29.6 Å². The number of aromatic nitrogens is 3. The average Bonchev–Trinajstić information content (AvgIpc) is 3.10. The summed E-state index contributed by atoms with van der Waals surface area (Å²) in [5.41, 5.74) is 0.822. The third kappa shape index (κ3) is 2.92. The van der Waals surface area contributed by atoms with Gasteiger partial charge in [-0.1, -0.05) is 19.1 Å². The Morgan fingerprint density at radius 2 is 2.05 bits per heavy atom. The molecule has 2 aromatic heterocycles. The van der Waals surface area contributed by atoms with E-state index in [0.717, 1.165) is 27.8 Å². The second-order valence-electron chi connectivity index (χ2n) is 4.78. The van der Waals surface area contributed by atoms with Crippen LogP contribution in [-0.2, 0) is 6.18 Å². The lowest BCUT2D eigenvalue weighted by molar-refractivity contribution is -0.140. The number of halogens is 3. The molecular weight excluding hydrogens is 313 g/mol. The molecule has 4 nitrogen and oxygen atoms in total. The molecule has 2 heterocycles. The molecule has 0 amide bonds. The van der Waals surface area contributed by atoms with Crippen LogP contribution in [0.25, 0.3) is 11.0 Å². The lowest BCUT2D eigenvalue weighted by Gasteiger charge is -2.13. The second-order valence-corrected chi connectivity index (χ2v) is 5.67. The van der Waals surface area contributed by atoms with Crippen LogP contribution in [0.2, 0.25) is 0 Å². The van der Waals surface area contributed by atoms with Crippen molar-refractivity contribution >= 4 is 28.3 Å². The zero-order valence-corrected chi connectivity index (χ0v) is 12.4. The van der Waals surface area contributed by atoms with E-state index in [1.54, 1.807) is 0 Å². The number of H-pyrrole nitrogens is 1. The van der Waals surface area contributed by atoms with Gasteiger partial charge in [0.2, 0.25) is 5.95 Å². The Hall–Kier alpha value is -2.09. The first-order chi connectivity index (χ1) is 10.5. The molecule has 0 aliphatic rings. The molecule has 1 atom stereocenters. The normalized spacial score (nSPS) is 13.5. The topological polar surface area (TPSA) is 53.6 Å². The summed E-state index contributed by atoms with van der Waals surface area (Å²) in [6.45, 7) is 1.88. The third-order valence-corrected chi connectivity index (χ3v) is 4.18. The first kappa shape index (κ1) is 14.8. The maximum atomic E-state index is 12.6. The molecule has 22 heavy (non-hydrogen) atoms. The Kier molecular flexibility index (Phi) is 3.78. The van der Waals surface area contributed by atoms with Gasteiger partial charge in [-0.2, -0.15) is 13.2 Å². The molecule has 8 heteroatoms. The predicted octanol–water partition coefficient (Wildman–Crippen LogP) is 4.60. The van der Waals surface area contributed by atoms with Crippen molar-refractivity contribution in [1.82, 2.24) is 15.0 Å². The van der Waals surface area contributed by atoms with Gasteiger partial charge in [-0.3, -0.25) is 0 Å². The number of nitrogens with zero attached hydrogens (tertiary/aromatic N) is 2. The zero-order valence-electron chi connectivity index (χ0n) is 11.6. The molecule has 0 saturated carbocycles. The van der Waals surface area contributed by atoms with Crippen molar-refractivity contribution in [2.45, 2.75) is 25.6 Å². The number of aromatic amines is 1. The van der Waals surface area contributed by atoms with Crippen molar-refractivity contribution in [3.05, 3.63) is 40.3 Å². The van der Waals surface area contributed by atoms with Gasteiger partial charge in [-0.15, -0.1) is 11.3 Å². The molecule has 0 fully saturated rings. The number of rotatable bonds is 4. The number of para-hydroxylation sites is 2. The number of anilines is 1. The van der Waals surface area contributed by atoms with E-state index in [1.807, 2.05) is 31.2 Å². The quantitative estimate of drug-likeness (QED) is 0.736. The fraction of sp³-hybridized carbons (Fsp3) is 0.286. The van der Waals surface area contributed by atoms with Gasteiger partial charge in [-0.05, 0) is 18.6 Å². The number of alkyl halides is 3. The minimum Gasteiger partial charge on any atom is -0.347 e.